The Balaban J connectivity index is 1.89. The molecule has 2 atom stereocenters. The molecule has 1 saturated carbocycles. The molecule has 1 N–H and O–H groups in total. The van der Waals surface area contributed by atoms with Crippen LogP contribution >= 0.6 is 11.3 Å². The summed E-state index contributed by atoms with van der Waals surface area (Å²) in [4.78, 5) is 1.63. The van der Waals surface area contributed by atoms with Gasteiger partial charge in [0, 0.05) is 4.88 Å². The third kappa shape index (κ3) is 1.94. The SMILES string of the molecule is CCNCC1CC1c1sccc1C. The highest BCUT2D eigenvalue weighted by molar-refractivity contribution is 7.10. The standard InChI is InChI=1S/C11H17NS/c1-3-12-7-9-6-10(9)11-8(2)4-5-13-11/h4-5,9-10,12H,3,6-7H2,1-2H3. The molecule has 1 nitrogen and oxygen atoms in total. The molecule has 1 aromatic heterocycles. The fourth-order valence-electron chi connectivity index (χ4n) is 1.89. The summed E-state index contributed by atoms with van der Waals surface area (Å²) in [7, 11) is 0. The van der Waals surface area contributed by atoms with Crippen LogP contribution in [0.1, 0.15) is 29.7 Å². The van der Waals surface area contributed by atoms with Crippen molar-refractivity contribution in [2.24, 2.45) is 5.92 Å². The topological polar surface area (TPSA) is 12.0 Å². The number of hydrogen-bond donors (Lipinski definition) is 1. The number of hydrogen-bond acceptors (Lipinski definition) is 2. The van der Waals surface area contributed by atoms with Gasteiger partial charge in [0.1, 0.15) is 0 Å². The molecular formula is C11H17NS. The van der Waals surface area contributed by atoms with Crippen molar-refractivity contribution in [3.8, 4) is 0 Å². The predicted octanol–water partition coefficient (Wildman–Crippen LogP) is 2.77. The minimum absolute atomic E-state index is 0.874. The number of aryl methyl sites for hydroxylation is 1. The molecule has 0 spiro atoms. The van der Waals surface area contributed by atoms with Gasteiger partial charge in [0.15, 0.2) is 0 Å². The fraction of sp³-hybridized carbons (Fsp3) is 0.636. The molecule has 0 aliphatic heterocycles. The summed E-state index contributed by atoms with van der Waals surface area (Å²) in [5.74, 6) is 1.79. The van der Waals surface area contributed by atoms with Gasteiger partial charge in [-0.25, -0.2) is 0 Å². The van der Waals surface area contributed by atoms with Crippen LogP contribution in [0.2, 0.25) is 0 Å². The monoisotopic (exact) mass is 195 g/mol. The van der Waals surface area contributed by atoms with E-state index in [4.69, 9.17) is 0 Å². The highest BCUT2D eigenvalue weighted by Crippen LogP contribution is 2.49. The molecule has 1 heterocycles. The molecule has 0 amide bonds. The third-order valence-electron chi connectivity index (χ3n) is 2.82. The highest BCUT2D eigenvalue weighted by atomic mass is 32.1. The van der Waals surface area contributed by atoms with Crippen LogP contribution in [0.5, 0.6) is 0 Å². The molecule has 2 rings (SSSR count). The van der Waals surface area contributed by atoms with E-state index >= 15 is 0 Å². The van der Waals surface area contributed by atoms with Crippen LogP contribution < -0.4 is 5.32 Å². The zero-order valence-corrected chi connectivity index (χ0v) is 9.16. The van der Waals surface area contributed by atoms with Crippen molar-refractivity contribution >= 4 is 11.3 Å². The van der Waals surface area contributed by atoms with Gasteiger partial charge in [-0.15, -0.1) is 11.3 Å². The minimum atomic E-state index is 0.874. The van der Waals surface area contributed by atoms with Crippen molar-refractivity contribution in [2.45, 2.75) is 26.2 Å². The van der Waals surface area contributed by atoms with Crippen molar-refractivity contribution in [1.29, 1.82) is 0 Å². The molecule has 1 fully saturated rings. The van der Waals surface area contributed by atoms with E-state index in [1.165, 1.54) is 18.5 Å². The van der Waals surface area contributed by atoms with Gasteiger partial charge in [-0.3, -0.25) is 0 Å². The lowest BCUT2D eigenvalue weighted by Crippen LogP contribution is -2.16. The Labute approximate surface area is 84.2 Å². The summed E-state index contributed by atoms with van der Waals surface area (Å²) in [6.07, 6.45) is 1.40. The maximum atomic E-state index is 3.43. The molecule has 0 saturated heterocycles. The van der Waals surface area contributed by atoms with Crippen molar-refractivity contribution in [3.05, 3.63) is 21.9 Å². The maximum absolute atomic E-state index is 3.43. The van der Waals surface area contributed by atoms with E-state index in [9.17, 15) is 0 Å². The summed E-state index contributed by atoms with van der Waals surface area (Å²) in [6.45, 7) is 6.72. The molecule has 72 valence electrons. The zero-order chi connectivity index (χ0) is 9.26. The Morgan fingerprint density at radius 2 is 2.46 bits per heavy atom. The van der Waals surface area contributed by atoms with E-state index < -0.39 is 0 Å². The Morgan fingerprint density at radius 1 is 1.62 bits per heavy atom. The summed E-state index contributed by atoms with van der Waals surface area (Å²) >= 11 is 1.93. The second-order valence-corrected chi connectivity index (χ2v) is 4.83. The maximum Gasteiger partial charge on any atom is 0.0109 e. The Morgan fingerprint density at radius 3 is 3.08 bits per heavy atom. The van der Waals surface area contributed by atoms with E-state index in [1.807, 2.05) is 11.3 Å². The fourth-order valence-corrected chi connectivity index (χ4v) is 3.02. The zero-order valence-electron chi connectivity index (χ0n) is 8.34. The average Bonchev–Trinajstić information content (AvgIpc) is 2.77. The molecule has 1 aliphatic carbocycles. The minimum Gasteiger partial charge on any atom is -0.317 e. The summed E-state index contributed by atoms with van der Waals surface area (Å²) in [6, 6.07) is 2.24. The van der Waals surface area contributed by atoms with E-state index in [0.717, 1.165) is 18.4 Å². The first-order valence-electron chi connectivity index (χ1n) is 5.07. The van der Waals surface area contributed by atoms with E-state index in [0.29, 0.717) is 0 Å². The largest absolute Gasteiger partial charge is 0.317 e. The smallest absolute Gasteiger partial charge is 0.0109 e. The molecule has 1 aromatic rings. The van der Waals surface area contributed by atoms with Crippen LogP contribution in [0.25, 0.3) is 0 Å². The third-order valence-corrected chi connectivity index (χ3v) is 3.97. The number of thiophene rings is 1. The van der Waals surface area contributed by atoms with Gasteiger partial charge in [-0.05, 0) is 55.3 Å². The quantitative estimate of drug-likeness (QED) is 0.779. The first-order valence-corrected chi connectivity index (χ1v) is 5.95. The van der Waals surface area contributed by atoms with Gasteiger partial charge in [0.2, 0.25) is 0 Å². The van der Waals surface area contributed by atoms with Crippen LogP contribution in [-0.2, 0) is 0 Å². The lowest BCUT2D eigenvalue weighted by atomic mass is 10.2. The lowest BCUT2D eigenvalue weighted by Gasteiger charge is -2.00. The van der Waals surface area contributed by atoms with Crippen LogP contribution in [0, 0.1) is 12.8 Å². The van der Waals surface area contributed by atoms with Gasteiger partial charge in [0.25, 0.3) is 0 Å². The van der Waals surface area contributed by atoms with Crippen LogP contribution in [0.4, 0.5) is 0 Å². The molecule has 0 bridgehead atoms. The lowest BCUT2D eigenvalue weighted by molar-refractivity contribution is 0.650. The molecule has 13 heavy (non-hydrogen) atoms. The molecule has 0 radical (unpaired) electrons. The van der Waals surface area contributed by atoms with E-state index in [-0.39, 0.29) is 0 Å². The molecular weight excluding hydrogens is 178 g/mol. The van der Waals surface area contributed by atoms with Gasteiger partial charge >= 0.3 is 0 Å². The Hall–Kier alpha value is -0.340. The van der Waals surface area contributed by atoms with Crippen molar-refractivity contribution < 1.29 is 0 Å². The summed E-state index contributed by atoms with van der Waals surface area (Å²) < 4.78 is 0. The van der Waals surface area contributed by atoms with Crippen molar-refractivity contribution in [1.82, 2.24) is 5.32 Å². The van der Waals surface area contributed by atoms with Gasteiger partial charge < -0.3 is 5.32 Å². The van der Waals surface area contributed by atoms with Crippen LogP contribution in [-0.4, -0.2) is 13.1 Å². The second kappa shape index (κ2) is 3.81. The second-order valence-electron chi connectivity index (χ2n) is 3.88. The number of rotatable bonds is 4. The normalized spacial score (nSPS) is 26.3. The van der Waals surface area contributed by atoms with Crippen LogP contribution in [0.15, 0.2) is 11.4 Å². The van der Waals surface area contributed by atoms with Crippen molar-refractivity contribution in [3.63, 3.8) is 0 Å². The highest BCUT2D eigenvalue weighted by Gasteiger charge is 2.39. The molecule has 1 aliphatic rings. The van der Waals surface area contributed by atoms with Crippen LogP contribution in [0.3, 0.4) is 0 Å². The number of nitrogens with one attached hydrogen (secondary N) is 1. The average molecular weight is 195 g/mol. The Kier molecular flexibility index (Phi) is 2.70. The molecule has 2 heteroatoms. The van der Waals surface area contributed by atoms with Gasteiger partial charge in [-0.1, -0.05) is 6.92 Å². The van der Waals surface area contributed by atoms with Crippen molar-refractivity contribution in [2.75, 3.05) is 13.1 Å². The first-order chi connectivity index (χ1) is 6.33. The molecule has 0 aromatic carbocycles. The summed E-state index contributed by atoms with van der Waals surface area (Å²) in [5.41, 5.74) is 1.49. The van der Waals surface area contributed by atoms with Gasteiger partial charge in [-0.2, -0.15) is 0 Å². The van der Waals surface area contributed by atoms with Gasteiger partial charge in [0.05, 0.1) is 0 Å². The summed E-state index contributed by atoms with van der Waals surface area (Å²) in [5, 5.41) is 5.64. The van der Waals surface area contributed by atoms with E-state index in [2.05, 4.69) is 30.6 Å². The first kappa shape index (κ1) is 9.22. The predicted molar refractivity (Wildman–Crippen MR) is 58.4 cm³/mol. The van der Waals surface area contributed by atoms with E-state index in [1.54, 1.807) is 4.88 Å². The molecule has 2 unspecified atom stereocenters. The Bertz CT molecular complexity index is 279.